The van der Waals surface area contributed by atoms with E-state index in [4.69, 9.17) is 9.47 Å². The zero-order valence-electron chi connectivity index (χ0n) is 17.0. The van der Waals surface area contributed by atoms with E-state index in [0.717, 1.165) is 40.8 Å². The van der Waals surface area contributed by atoms with Crippen LogP contribution in [0.5, 0.6) is 5.75 Å². The van der Waals surface area contributed by atoms with E-state index < -0.39 is 0 Å². The molecule has 0 bridgehead atoms. The Kier molecular flexibility index (Phi) is 9.06. The van der Waals surface area contributed by atoms with Crippen molar-refractivity contribution in [3.05, 3.63) is 62.8 Å². The number of aromatic hydroxyl groups is 1. The van der Waals surface area contributed by atoms with Crippen LogP contribution in [0.4, 0.5) is 0 Å². The minimum absolute atomic E-state index is 0.137. The van der Waals surface area contributed by atoms with Gasteiger partial charge < -0.3 is 14.6 Å². The first-order valence-electron chi connectivity index (χ1n) is 9.79. The van der Waals surface area contributed by atoms with E-state index >= 15 is 0 Å². The molecule has 2 aromatic carbocycles. The molecule has 0 spiro atoms. The molecule has 0 aromatic heterocycles. The van der Waals surface area contributed by atoms with Gasteiger partial charge in [-0.25, -0.2) is 0 Å². The highest BCUT2D eigenvalue weighted by Gasteiger charge is 2.23. The van der Waals surface area contributed by atoms with Crippen molar-refractivity contribution in [2.24, 2.45) is 0 Å². The van der Waals surface area contributed by atoms with E-state index in [9.17, 15) is 5.11 Å². The van der Waals surface area contributed by atoms with Gasteiger partial charge in [-0.1, -0.05) is 116 Å². The minimum Gasteiger partial charge on any atom is -0.507 e. The number of phenolic OH excluding ortho intramolecular Hbond substituents is 1. The topological polar surface area (TPSA) is 38.7 Å². The predicted molar refractivity (Wildman–Crippen MR) is 150 cm³/mol. The van der Waals surface area contributed by atoms with Crippen LogP contribution in [0.15, 0.2) is 36.4 Å². The van der Waals surface area contributed by atoms with Crippen molar-refractivity contribution >= 4 is 91.6 Å². The van der Waals surface area contributed by atoms with Crippen molar-refractivity contribution in [2.75, 3.05) is 13.9 Å². The van der Waals surface area contributed by atoms with Crippen molar-refractivity contribution < 1.29 is 14.6 Å². The fraction of sp³-hybridized carbons (Fsp3) is 0.333. The van der Waals surface area contributed by atoms with Gasteiger partial charge in [-0.15, -0.1) is 0 Å². The van der Waals surface area contributed by atoms with Gasteiger partial charge >= 0.3 is 0 Å². The summed E-state index contributed by atoms with van der Waals surface area (Å²) in [5, 5.41) is 15.3. The fourth-order valence-electron chi connectivity index (χ4n) is 3.81. The Morgan fingerprint density at radius 2 is 1.70 bits per heavy atom. The number of methoxy groups -OCH3 is 1. The molecule has 0 saturated heterocycles. The maximum atomic E-state index is 10.7. The Bertz CT molecular complexity index is 1130. The Morgan fingerprint density at radius 3 is 2.43 bits per heavy atom. The first-order chi connectivity index (χ1) is 14.3. The highest BCUT2D eigenvalue weighted by atomic mass is 127. The summed E-state index contributed by atoms with van der Waals surface area (Å²) in [5.41, 5.74) is 1.95. The second kappa shape index (κ2) is 11.1. The van der Waals surface area contributed by atoms with Crippen molar-refractivity contribution in [2.45, 2.75) is 31.7 Å². The lowest BCUT2D eigenvalue weighted by molar-refractivity contribution is -0.0504. The molecule has 4 rings (SSSR count). The number of ether oxygens (including phenoxy) is 2. The van der Waals surface area contributed by atoms with Crippen LogP contribution in [0, 0.1) is 0 Å². The summed E-state index contributed by atoms with van der Waals surface area (Å²) in [4.78, 5) is 0. The number of benzene rings is 2. The number of alkyl halides is 3. The van der Waals surface area contributed by atoms with E-state index in [1.807, 2.05) is 18.2 Å². The lowest BCUT2D eigenvalue weighted by Crippen LogP contribution is -2.40. The predicted octanol–water partition coefficient (Wildman–Crippen LogP) is 4.08. The molecule has 6 heteroatoms. The normalized spacial score (nSPS) is 17.4. The van der Waals surface area contributed by atoms with Gasteiger partial charge in [0.2, 0.25) is 0 Å². The summed E-state index contributed by atoms with van der Waals surface area (Å²) in [6, 6.07) is 12.1. The molecule has 0 fully saturated rings. The van der Waals surface area contributed by atoms with Crippen molar-refractivity contribution in [3.63, 3.8) is 0 Å². The molecule has 2 aromatic rings. The molecule has 0 saturated carbocycles. The molecule has 0 aliphatic heterocycles. The van der Waals surface area contributed by atoms with E-state index in [1.165, 1.54) is 10.4 Å². The van der Waals surface area contributed by atoms with Crippen LogP contribution in [0.1, 0.15) is 31.7 Å². The molecule has 30 heavy (non-hydrogen) atoms. The highest BCUT2D eigenvalue weighted by molar-refractivity contribution is 14.3. The summed E-state index contributed by atoms with van der Waals surface area (Å²) in [6.45, 7) is 2.38. The number of hydrogen-bond acceptors (Lipinski definition) is 3. The van der Waals surface area contributed by atoms with Gasteiger partial charge in [-0.3, -0.25) is 0 Å². The molecule has 0 heterocycles. The number of halogens is 3. The second-order valence-electron chi connectivity index (χ2n) is 7.23. The van der Waals surface area contributed by atoms with Crippen LogP contribution in [0.2, 0.25) is 0 Å². The largest absolute Gasteiger partial charge is 0.507 e. The fourth-order valence-corrected chi connectivity index (χ4v) is 3.81. The first-order valence-corrected chi connectivity index (χ1v) is 13.0. The minimum atomic E-state index is -0.137. The first kappa shape index (κ1) is 24.5. The average Bonchev–Trinajstić information content (AvgIpc) is 2.71. The standard InChI is InChI=1S/C22H22O3.C2H3I3/c1-24-14-25-20-13-11-16-7-3-5-9-18(16)22(20)21-17-8-4-2-6-15(17)10-12-19(21)23;1-2(3,4)5/h3,5-12,20,23H,2,4,13-14H2,1H3;1H3/t20-;/m1./s1. The zero-order chi connectivity index (χ0) is 21.7. The van der Waals surface area contributed by atoms with Gasteiger partial charge in [0.1, 0.15) is 12.0 Å². The van der Waals surface area contributed by atoms with Crippen LogP contribution in [0.25, 0.3) is 23.8 Å². The number of hydrogen-bond donors (Lipinski definition) is 1. The van der Waals surface area contributed by atoms with E-state index in [-0.39, 0.29) is 12.9 Å². The third kappa shape index (κ3) is 6.43. The lowest BCUT2D eigenvalue weighted by Gasteiger charge is -2.24. The van der Waals surface area contributed by atoms with Crippen molar-refractivity contribution in [1.29, 1.82) is 0 Å². The van der Waals surface area contributed by atoms with Crippen LogP contribution in [0.3, 0.4) is 0 Å². The molecular weight excluding hydrogens is 717 g/mol. The quantitative estimate of drug-likeness (QED) is 0.292. The molecule has 0 unspecified atom stereocenters. The van der Waals surface area contributed by atoms with Crippen LogP contribution in [-0.4, -0.2) is 24.5 Å². The third-order valence-corrected chi connectivity index (χ3v) is 4.92. The van der Waals surface area contributed by atoms with Gasteiger partial charge in [0.05, 0.1) is 6.10 Å². The molecular formula is C24H25I3O3. The second-order valence-corrected chi connectivity index (χ2v) is 19.9. The Morgan fingerprint density at radius 1 is 1.00 bits per heavy atom. The summed E-state index contributed by atoms with van der Waals surface area (Å²) < 4.78 is 11.5. The zero-order valence-corrected chi connectivity index (χ0v) is 23.5. The van der Waals surface area contributed by atoms with Crippen LogP contribution in [-0.2, 0) is 9.47 Å². The molecule has 160 valence electrons. The molecule has 2 aliphatic rings. The summed E-state index contributed by atoms with van der Waals surface area (Å²) in [5.74, 6) is 0.308. The average molecular weight is 742 g/mol. The lowest BCUT2D eigenvalue weighted by atomic mass is 9.88. The van der Waals surface area contributed by atoms with Crippen LogP contribution >= 0.6 is 67.8 Å². The molecule has 0 radical (unpaired) electrons. The van der Waals surface area contributed by atoms with Gasteiger partial charge in [0.25, 0.3) is 0 Å². The Balaban J connectivity index is 0.000000461. The maximum absolute atomic E-state index is 10.7. The SMILES string of the molecule is CC(I)(I)I.COCO[C@@H]1CC=c2ccccc2=C1c1c(O)ccc2c1=CCCC=2. The van der Waals surface area contributed by atoms with Gasteiger partial charge in [0.15, 0.2) is 0 Å². The molecule has 2 aliphatic carbocycles. The summed E-state index contributed by atoms with van der Waals surface area (Å²) in [6.07, 6.45) is 9.33. The van der Waals surface area contributed by atoms with Gasteiger partial charge in [-0.2, -0.15) is 0 Å². The Labute approximate surface area is 218 Å². The highest BCUT2D eigenvalue weighted by Crippen LogP contribution is 2.33. The molecule has 0 amide bonds. The maximum Gasteiger partial charge on any atom is 0.147 e. The number of fused-ring (bicyclic) bond motifs is 2. The molecule has 1 N–H and O–H groups in total. The summed E-state index contributed by atoms with van der Waals surface area (Å²) in [7, 11) is 1.63. The van der Waals surface area contributed by atoms with Crippen LogP contribution < -0.4 is 20.9 Å². The van der Waals surface area contributed by atoms with E-state index in [1.54, 1.807) is 13.2 Å². The van der Waals surface area contributed by atoms with E-state index in [2.05, 4.69) is 105 Å². The summed E-state index contributed by atoms with van der Waals surface area (Å²) >= 11 is 7.05. The van der Waals surface area contributed by atoms with Crippen molar-refractivity contribution in [1.82, 2.24) is 0 Å². The Hall–Kier alpha value is -0.170. The smallest absolute Gasteiger partial charge is 0.147 e. The van der Waals surface area contributed by atoms with Gasteiger partial charge in [0, 0.05) is 18.2 Å². The molecule has 3 nitrogen and oxygen atoms in total. The van der Waals surface area contributed by atoms with E-state index in [0.29, 0.717) is 5.18 Å². The third-order valence-electron chi connectivity index (χ3n) is 4.92. The van der Waals surface area contributed by atoms with Crippen molar-refractivity contribution in [3.8, 4) is 5.75 Å². The monoisotopic (exact) mass is 742 g/mol. The van der Waals surface area contributed by atoms with Gasteiger partial charge in [-0.05, 0) is 53.1 Å². The number of phenols is 1. The number of rotatable bonds is 4. The molecule has 1 atom stereocenters.